The van der Waals surface area contributed by atoms with E-state index in [1.54, 1.807) is 0 Å². The molecule has 0 amide bonds. The highest BCUT2D eigenvalue weighted by Gasteiger charge is 2.25. The lowest BCUT2D eigenvalue weighted by atomic mass is 10.1. The zero-order chi connectivity index (χ0) is 10.8. The average molecular weight is 206 g/mol. The van der Waals surface area contributed by atoms with Crippen LogP contribution in [-0.4, -0.2) is 20.2 Å². The van der Waals surface area contributed by atoms with E-state index in [9.17, 15) is 0 Å². The van der Waals surface area contributed by atoms with Crippen LogP contribution < -0.4 is 15.4 Å². The summed E-state index contributed by atoms with van der Waals surface area (Å²) < 4.78 is 5.86. The van der Waals surface area contributed by atoms with E-state index >= 15 is 0 Å². The normalized spacial score (nSPS) is 15.1. The summed E-state index contributed by atoms with van der Waals surface area (Å²) in [4.78, 5) is 2.07. The van der Waals surface area contributed by atoms with Gasteiger partial charge >= 0.3 is 0 Å². The maximum absolute atomic E-state index is 5.86. The second kappa shape index (κ2) is 4.11. The number of benzene rings is 1. The molecule has 1 fully saturated rings. The fourth-order valence-electron chi connectivity index (χ4n) is 1.70. The van der Waals surface area contributed by atoms with Crippen molar-refractivity contribution < 1.29 is 4.74 Å². The highest BCUT2D eigenvalue weighted by molar-refractivity contribution is 5.63. The number of nitrogens with zero attached hydrogens (tertiary/aromatic N) is 1. The summed E-state index contributed by atoms with van der Waals surface area (Å²) >= 11 is 0. The molecule has 3 nitrogen and oxygen atoms in total. The molecular formula is C12H18N2O. The molecule has 0 heterocycles. The van der Waals surface area contributed by atoms with Crippen molar-refractivity contribution in [3.8, 4) is 5.75 Å². The number of para-hydroxylation sites is 1. The zero-order valence-electron chi connectivity index (χ0n) is 9.36. The van der Waals surface area contributed by atoms with E-state index in [2.05, 4.69) is 11.0 Å². The van der Waals surface area contributed by atoms with Crippen molar-refractivity contribution in [3.63, 3.8) is 0 Å². The molecule has 0 radical (unpaired) electrons. The van der Waals surface area contributed by atoms with Crippen molar-refractivity contribution in [2.75, 3.05) is 19.0 Å². The summed E-state index contributed by atoms with van der Waals surface area (Å²) in [6.45, 7) is 0.551. The monoisotopic (exact) mass is 206 g/mol. The Kier molecular flexibility index (Phi) is 2.82. The largest absolute Gasteiger partial charge is 0.488 e. The SMILES string of the molecule is CN(C)c1c(CN)cccc1OC1CC1. The first-order chi connectivity index (χ1) is 7.22. The van der Waals surface area contributed by atoms with Crippen molar-refractivity contribution in [2.24, 2.45) is 5.73 Å². The quantitative estimate of drug-likeness (QED) is 0.815. The number of rotatable bonds is 4. The molecule has 1 aromatic rings. The zero-order valence-corrected chi connectivity index (χ0v) is 9.36. The van der Waals surface area contributed by atoms with Gasteiger partial charge in [0.2, 0.25) is 0 Å². The van der Waals surface area contributed by atoms with Gasteiger partial charge in [-0.15, -0.1) is 0 Å². The van der Waals surface area contributed by atoms with Crippen LogP contribution >= 0.6 is 0 Å². The first-order valence-corrected chi connectivity index (χ1v) is 5.38. The Morgan fingerprint density at radius 3 is 2.67 bits per heavy atom. The molecule has 0 unspecified atom stereocenters. The van der Waals surface area contributed by atoms with Gasteiger partial charge in [-0.25, -0.2) is 0 Å². The Morgan fingerprint density at radius 1 is 1.40 bits per heavy atom. The molecule has 0 aromatic heterocycles. The molecule has 1 saturated carbocycles. The minimum absolute atomic E-state index is 0.428. The van der Waals surface area contributed by atoms with E-state index in [4.69, 9.17) is 10.5 Å². The van der Waals surface area contributed by atoms with Gasteiger partial charge in [0.15, 0.2) is 0 Å². The number of ether oxygens (including phenoxy) is 1. The molecule has 0 aliphatic heterocycles. The smallest absolute Gasteiger partial charge is 0.143 e. The van der Waals surface area contributed by atoms with Crippen molar-refractivity contribution in [2.45, 2.75) is 25.5 Å². The van der Waals surface area contributed by atoms with Gasteiger partial charge in [0.25, 0.3) is 0 Å². The molecule has 0 bridgehead atoms. The fraction of sp³-hybridized carbons (Fsp3) is 0.500. The molecule has 82 valence electrons. The maximum atomic E-state index is 5.86. The van der Waals surface area contributed by atoms with Crippen LogP contribution in [0, 0.1) is 0 Å². The third-order valence-corrected chi connectivity index (χ3v) is 2.57. The number of hydrogen-bond acceptors (Lipinski definition) is 3. The van der Waals surface area contributed by atoms with Crippen molar-refractivity contribution in [3.05, 3.63) is 23.8 Å². The van der Waals surface area contributed by atoms with E-state index in [1.165, 1.54) is 12.8 Å². The van der Waals surface area contributed by atoms with Gasteiger partial charge in [-0.1, -0.05) is 12.1 Å². The topological polar surface area (TPSA) is 38.5 Å². The Labute approximate surface area is 90.8 Å². The Hall–Kier alpha value is -1.22. The van der Waals surface area contributed by atoms with E-state index in [1.807, 2.05) is 26.2 Å². The van der Waals surface area contributed by atoms with E-state index in [0.29, 0.717) is 12.6 Å². The van der Waals surface area contributed by atoms with Gasteiger partial charge in [-0.2, -0.15) is 0 Å². The van der Waals surface area contributed by atoms with Crippen LogP contribution in [0.4, 0.5) is 5.69 Å². The van der Waals surface area contributed by atoms with Crippen molar-refractivity contribution >= 4 is 5.69 Å². The summed E-state index contributed by atoms with van der Waals surface area (Å²) in [5.74, 6) is 0.963. The van der Waals surface area contributed by atoms with E-state index in [-0.39, 0.29) is 0 Å². The number of nitrogens with two attached hydrogens (primary N) is 1. The highest BCUT2D eigenvalue weighted by Crippen LogP contribution is 2.35. The lowest BCUT2D eigenvalue weighted by molar-refractivity contribution is 0.303. The lowest BCUT2D eigenvalue weighted by Crippen LogP contribution is -2.15. The van der Waals surface area contributed by atoms with Crippen LogP contribution in [0.2, 0.25) is 0 Å². The van der Waals surface area contributed by atoms with Crippen LogP contribution in [0.1, 0.15) is 18.4 Å². The van der Waals surface area contributed by atoms with Gasteiger partial charge in [0.05, 0.1) is 11.8 Å². The second-order valence-electron chi connectivity index (χ2n) is 4.18. The predicted molar refractivity (Wildman–Crippen MR) is 62.3 cm³/mol. The standard InChI is InChI=1S/C12H18N2O/c1-14(2)12-9(8-13)4-3-5-11(12)15-10-6-7-10/h3-5,10H,6-8,13H2,1-2H3. The van der Waals surface area contributed by atoms with Crippen LogP contribution in [-0.2, 0) is 6.54 Å². The van der Waals surface area contributed by atoms with E-state index in [0.717, 1.165) is 17.0 Å². The molecule has 0 atom stereocenters. The van der Waals surface area contributed by atoms with Crippen LogP contribution in [0.5, 0.6) is 5.75 Å². The number of hydrogen-bond donors (Lipinski definition) is 1. The van der Waals surface area contributed by atoms with Gasteiger partial charge in [-0.05, 0) is 24.5 Å². The molecule has 0 spiro atoms. The summed E-state index contributed by atoms with van der Waals surface area (Å²) in [7, 11) is 4.04. The van der Waals surface area contributed by atoms with Gasteiger partial charge in [0, 0.05) is 20.6 Å². The Bertz CT molecular complexity index is 345. The fourth-order valence-corrected chi connectivity index (χ4v) is 1.70. The van der Waals surface area contributed by atoms with Crippen LogP contribution in [0.15, 0.2) is 18.2 Å². The third kappa shape index (κ3) is 2.23. The predicted octanol–water partition coefficient (Wildman–Crippen LogP) is 1.75. The van der Waals surface area contributed by atoms with Crippen molar-refractivity contribution in [1.29, 1.82) is 0 Å². The molecule has 2 N–H and O–H groups in total. The summed E-state index contributed by atoms with van der Waals surface area (Å²) in [6.07, 6.45) is 2.79. The maximum Gasteiger partial charge on any atom is 0.143 e. The van der Waals surface area contributed by atoms with Gasteiger partial charge in [0.1, 0.15) is 5.75 Å². The minimum Gasteiger partial charge on any atom is -0.488 e. The minimum atomic E-state index is 0.428. The lowest BCUT2D eigenvalue weighted by Gasteiger charge is -2.21. The molecule has 2 rings (SSSR count). The molecular weight excluding hydrogens is 188 g/mol. The molecule has 1 aromatic carbocycles. The molecule has 3 heteroatoms. The van der Waals surface area contributed by atoms with Gasteiger partial charge in [-0.3, -0.25) is 0 Å². The molecule has 1 aliphatic carbocycles. The molecule has 1 aliphatic rings. The highest BCUT2D eigenvalue weighted by atomic mass is 16.5. The average Bonchev–Trinajstić information content (AvgIpc) is 3.01. The summed E-state index contributed by atoms with van der Waals surface area (Å²) in [5, 5.41) is 0. The van der Waals surface area contributed by atoms with Crippen LogP contribution in [0.3, 0.4) is 0 Å². The van der Waals surface area contributed by atoms with Crippen LogP contribution in [0.25, 0.3) is 0 Å². The van der Waals surface area contributed by atoms with Gasteiger partial charge < -0.3 is 15.4 Å². The number of anilines is 1. The first kappa shape index (κ1) is 10.3. The second-order valence-corrected chi connectivity index (χ2v) is 4.18. The summed E-state index contributed by atoms with van der Waals surface area (Å²) in [5.41, 5.74) is 7.98. The third-order valence-electron chi connectivity index (χ3n) is 2.57. The van der Waals surface area contributed by atoms with Crippen molar-refractivity contribution in [1.82, 2.24) is 0 Å². The Morgan fingerprint density at radius 2 is 2.13 bits per heavy atom. The summed E-state index contributed by atoms with van der Waals surface area (Å²) in [6, 6.07) is 6.08. The van der Waals surface area contributed by atoms with E-state index < -0.39 is 0 Å². The molecule has 15 heavy (non-hydrogen) atoms. The Balaban J connectivity index is 2.32. The first-order valence-electron chi connectivity index (χ1n) is 5.38. The molecule has 0 saturated heterocycles.